The maximum Gasteiger partial charge on any atom is 0.0750 e. The number of aliphatic hydroxyl groups is 1. The Kier molecular flexibility index (Phi) is 4.11. The monoisotopic (exact) mass is 313 g/mol. The fourth-order valence-corrected chi connectivity index (χ4v) is 2.86. The number of nitrogens with two attached hydrogens (primary N) is 1. The van der Waals surface area contributed by atoms with Crippen molar-refractivity contribution in [2.45, 2.75) is 25.4 Å². The molecule has 2 unspecified atom stereocenters. The predicted molar refractivity (Wildman–Crippen MR) is 75.4 cm³/mol. The number of halogens is 1. The van der Waals surface area contributed by atoms with E-state index < -0.39 is 5.60 Å². The van der Waals surface area contributed by atoms with Crippen LogP contribution in [0.5, 0.6) is 0 Å². The molecule has 1 aliphatic heterocycles. The smallest absolute Gasteiger partial charge is 0.0750 e. The Balaban J connectivity index is 2.17. The molecule has 100 valence electrons. The number of benzene rings is 1. The third-order valence-electron chi connectivity index (χ3n) is 4.10. The molecule has 0 bridgehead atoms. The van der Waals surface area contributed by atoms with Crippen LogP contribution in [0.2, 0.25) is 0 Å². The Morgan fingerprint density at radius 3 is 2.61 bits per heavy atom. The van der Waals surface area contributed by atoms with Gasteiger partial charge in [-0.25, -0.2) is 0 Å². The molecule has 0 amide bonds. The van der Waals surface area contributed by atoms with Crippen molar-refractivity contribution < 1.29 is 9.84 Å². The van der Waals surface area contributed by atoms with Crippen molar-refractivity contribution in [3.8, 4) is 0 Å². The van der Waals surface area contributed by atoms with Crippen molar-refractivity contribution in [2.75, 3.05) is 19.8 Å². The molecule has 1 fully saturated rings. The Hall–Kier alpha value is -0.420. The molecule has 0 radical (unpaired) electrons. The zero-order valence-electron chi connectivity index (χ0n) is 10.7. The van der Waals surface area contributed by atoms with Crippen LogP contribution in [-0.2, 0) is 11.2 Å². The number of hydrogen-bond acceptors (Lipinski definition) is 3. The van der Waals surface area contributed by atoms with Gasteiger partial charge in [-0.05, 0) is 31.0 Å². The second kappa shape index (κ2) is 5.29. The van der Waals surface area contributed by atoms with Crippen LogP contribution in [0.4, 0.5) is 0 Å². The van der Waals surface area contributed by atoms with E-state index in [1.807, 2.05) is 31.2 Å². The normalized spacial score (nSPS) is 27.1. The SMILES string of the molecule is CC(O)(Cc1ccc(Br)cc1)C1(CN)CCOC1. The van der Waals surface area contributed by atoms with Gasteiger partial charge in [0.15, 0.2) is 0 Å². The van der Waals surface area contributed by atoms with Gasteiger partial charge >= 0.3 is 0 Å². The quantitative estimate of drug-likeness (QED) is 0.895. The summed E-state index contributed by atoms with van der Waals surface area (Å²) in [4.78, 5) is 0. The zero-order valence-corrected chi connectivity index (χ0v) is 12.2. The van der Waals surface area contributed by atoms with Crippen LogP contribution in [0.15, 0.2) is 28.7 Å². The first kappa shape index (κ1) is 14.0. The van der Waals surface area contributed by atoms with Crippen LogP contribution < -0.4 is 5.73 Å². The molecule has 1 saturated heterocycles. The number of hydrogen-bond donors (Lipinski definition) is 2. The highest BCUT2D eigenvalue weighted by Crippen LogP contribution is 2.40. The molecule has 3 nitrogen and oxygen atoms in total. The lowest BCUT2D eigenvalue weighted by molar-refractivity contribution is -0.0680. The van der Waals surface area contributed by atoms with E-state index in [0.29, 0.717) is 26.2 Å². The molecular formula is C14H20BrNO2. The Morgan fingerprint density at radius 2 is 2.11 bits per heavy atom. The summed E-state index contributed by atoms with van der Waals surface area (Å²) in [7, 11) is 0. The van der Waals surface area contributed by atoms with Gasteiger partial charge in [0.1, 0.15) is 0 Å². The van der Waals surface area contributed by atoms with Crippen molar-refractivity contribution in [2.24, 2.45) is 11.1 Å². The van der Waals surface area contributed by atoms with Crippen LogP contribution in [0.25, 0.3) is 0 Å². The van der Waals surface area contributed by atoms with Crippen LogP contribution in [-0.4, -0.2) is 30.5 Å². The molecule has 0 aliphatic carbocycles. The Morgan fingerprint density at radius 1 is 1.44 bits per heavy atom. The molecule has 2 atom stereocenters. The first-order chi connectivity index (χ1) is 8.49. The second-order valence-electron chi connectivity index (χ2n) is 5.36. The van der Waals surface area contributed by atoms with Crippen molar-refractivity contribution in [3.63, 3.8) is 0 Å². The van der Waals surface area contributed by atoms with Crippen LogP contribution in [0.3, 0.4) is 0 Å². The predicted octanol–water partition coefficient (Wildman–Crippen LogP) is 2.11. The third kappa shape index (κ3) is 2.62. The summed E-state index contributed by atoms with van der Waals surface area (Å²) >= 11 is 3.41. The summed E-state index contributed by atoms with van der Waals surface area (Å²) in [5.74, 6) is 0. The molecule has 1 aromatic rings. The minimum atomic E-state index is -0.841. The van der Waals surface area contributed by atoms with Crippen molar-refractivity contribution in [1.29, 1.82) is 0 Å². The fraction of sp³-hybridized carbons (Fsp3) is 0.571. The van der Waals surface area contributed by atoms with Gasteiger partial charge in [-0.2, -0.15) is 0 Å². The van der Waals surface area contributed by atoms with Gasteiger partial charge in [0.2, 0.25) is 0 Å². The lowest BCUT2D eigenvalue weighted by Gasteiger charge is -2.41. The van der Waals surface area contributed by atoms with E-state index >= 15 is 0 Å². The highest BCUT2D eigenvalue weighted by Gasteiger charge is 2.48. The summed E-state index contributed by atoms with van der Waals surface area (Å²) in [6.07, 6.45) is 1.42. The maximum absolute atomic E-state index is 10.8. The van der Waals surface area contributed by atoms with E-state index in [1.165, 1.54) is 0 Å². The summed E-state index contributed by atoms with van der Waals surface area (Å²) in [5.41, 5.74) is 5.84. The highest BCUT2D eigenvalue weighted by molar-refractivity contribution is 9.10. The number of ether oxygens (including phenoxy) is 1. The molecule has 1 aromatic carbocycles. The van der Waals surface area contributed by atoms with E-state index in [0.717, 1.165) is 16.5 Å². The fourth-order valence-electron chi connectivity index (χ4n) is 2.60. The molecule has 0 saturated carbocycles. The largest absolute Gasteiger partial charge is 0.389 e. The molecular weight excluding hydrogens is 294 g/mol. The topological polar surface area (TPSA) is 55.5 Å². The molecule has 0 spiro atoms. The van der Waals surface area contributed by atoms with Crippen molar-refractivity contribution >= 4 is 15.9 Å². The van der Waals surface area contributed by atoms with Gasteiger partial charge in [-0.1, -0.05) is 28.1 Å². The minimum absolute atomic E-state index is 0.319. The second-order valence-corrected chi connectivity index (χ2v) is 6.28. The average Bonchev–Trinajstić information content (AvgIpc) is 2.82. The first-order valence-corrected chi connectivity index (χ1v) is 7.03. The van der Waals surface area contributed by atoms with Crippen LogP contribution >= 0.6 is 15.9 Å². The van der Waals surface area contributed by atoms with Crippen LogP contribution in [0, 0.1) is 5.41 Å². The van der Waals surface area contributed by atoms with E-state index in [4.69, 9.17) is 10.5 Å². The summed E-state index contributed by atoms with van der Waals surface area (Å²) < 4.78 is 6.49. The summed E-state index contributed by atoms with van der Waals surface area (Å²) in [6, 6.07) is 8.04. The molecule has 4 heteroatoms. The van der Waals surface area contributed by atoms with Crippen LogP contribution in [0.1, 0.15) is 18.9 Å². The summed E-state index contributed by atoms with van der Waals surface area (Å²) in [6.45, 7) is 3.56. The standard InChI is InChI=1S/C14H20BrNO2/c1-13(17,14(9-16)6-7-18-10-14)8-11-2-4-12(15)5-3-11/h2-5,17H,6-10,16H2,1H3. The zero-order chi connectivity index (χ0) is 13.2. The molecule has 18 heavy (non-hydrogen) atoms. The highest BCUT2D eigenvalue weighted by atomic mass is 79.9. The van der Waals surface area contributed by atoms with Gasteiger partial charge in [0.05, 0.1) is 12.2 Å². The van der Waals surface area contributed by atoms with E-state index in [9.17, 15) is 5.11 Å². The van der Waals surface area contributed by atoms with Crippen molar-refractivity contribution in [3.05, 3.63) is 34.3 Å². The lowest BCUT2D eigenvalue weighted by Crippen LogP contribution is -2.52. The van der Waals surface area contributed by atoms with Gasteiger partial charge in [-0.15, -0.1) is 0 Å². The third-order valence-corrected chi connectivity index (χ3v) is 4.63. The molecule has 2 rings (SSSR count). The first-order valence-electron chi connectivity index (χ1n) is 6.24. The lowest BCUT2D eigenvalue weighted by atomic mass is 9.69. The molecule has 1 heterocycles. The summed E-state index contributed by atoms with van der Waals surface area (Å²) in [5, 5.41) is 10.8. The number of rotatable bonds is 4. The Bertz CT molecular complexity index is 397. The van der Waals surface area contributed by atoms with Gasteiger partial charge in [0.25, 0.3) is 0 Å². The van der Waals surface area contributed by atoms with E-state index in [1.54, 1.807) is 0 Å². The Labute approximate surface area is 116 Å². The van der Waals surface area contributed by atoms with Gasteiger partial charge in [0, 0.05) is 29.5 Å². The van der Waals surface area contributed by atoms with E-state index in [-0.39, 0.29) is 5.41 Å². The molecule has 1 aliphatic rings. The molecule has 0 aromatic heterocycles. The van der Waals surface area contributed by atoms with Crippen molar-refractivity contribution in [1.82, 2.24) is 0 Å². The van der Waals surface area contributed by atoms with Gasteiger partial charge < -0.3 is 15.6 Å². The average molecular weight is 314 g/mol. The maximum atomic E-state index is 10.8. The van der Waals surface area contributed by atoms with Gasteiger partial charge in [-0.3, -0.25) is 0 Å². The minimum Gasteiger partial charge on any atom is -0.389 e. The van der Waals surface area contributed by atoms with E-state index in [2.05, 4.69) is 15.9 Å². The molecule has 3 N–H and O–H groups in total.